The molecule has 1 aromatic rings. The summed E-state index contributed by atoms with van der Waals surface area (Å²) in [6.07, 6.45) is 0. The summed E-state index contributed by atoms with van der Waals surface area (Å²) in [4.78, 5) is 0.273. The Bertz CT molecular complexity index is 628. The number of sulfonamides is 1. The minimum atomic E-state index is -3.48. The van der Waals surface area contributed by atoms with Crippen LogP contribution in [-0.4, -0.2) is 32.1 Å². The summed E-state index contributed by atoms with van der Waals surface area (Å²) >= 11 is 0. The van der Waals surface area contributed by atoms with Gasteiger partial charge in [-0.1, -0.05) is 13.8 Å². The van der Waals surface area contributed by atoms with Crippen LogP contribution in [0.1, 0.15) is 20.8 Å². The fraction of sp³-hybridized carbons (Fsp3) is 0.571. The lowest BCUT2D eigenvalue weighted by Crippen LogP contribution is -2.35. The van der Waals surface area contributed by atoms with E-state index < -0.39 is 10.0 Å². The van der Waals surface area contributed by atoms with Crippen molar-refractivity contribution in [2.75, 3.05) is 13.3 Å². The predicted molar refractivity (Wildman–Crippen MR) is 74.2 cm³/mol. The molecule has 3 unspecified atom stereocenters. The van der Waals surface area contributed by atoms with Gasteiger partial charge in [0.2, 0.25) is 16.8 Å². The third-order valence-electron chi connectivity index (χ3n) is 4.53. The largest absolute Gasteiger partial charge is 0.454 e. The number of ether oxygens (including phenoxy) is 2. The minimum absolute atomic E-state index is 0.0143. The third kappa shape index (κ3) is 1.98. The van der Waals surface area contributed by atoms with Crippen LogP contribution in [0, 0.1) is 11.8 Å². The summed E-state index contributed by atoms with van der Waals surface area (Å²) in [7, 11) is -3.48. The van der Waals surface area contributed by atoms with E-state index in [0.29, 0.717) is 29.9 Å². The molecule has 0 aromatic heterocycles. The van der Waals surface area contributed by atoms with Gasteiger partial charge < -0.3 is 9.47 Å². The molecule has 2 heterocycles. The second-order valence-electron chi connectivity index (χ2n) is 5.67. The molecule has 6 heteroatoms. The summed E-state index contributed by atoms with van der Waals surface area (Å²) in [5.41, 5.74) is 0. The molecule has 0 amide bonds. The molecule has 3 rings (SSSR count). The lowest BCUT2D eigenvalue weighted by Gasteiger charge is -2.22. The van der Waals surface area contributed by atoms with Gasteiger partial charge in [0.05, 0.1) is 4.90 Å². The minimum Gasteiger partial charge on any atom is -0.454 e. The van der Waals surface area contributed by atoms with E-state index in [4.69, 9.17) is 9.47 Å². The molecule has 110 valence electrons. The van der Waals surface area contributed by atoms with Crippen LogP contribution in [0.25, 0.3) is 0 Å². The van der Waals surface area contributed by atoms with E-state index >= 15 is 0 Å². The Morgan fingerprint density at radius 1 is 1.15 bits per heavy atom. The van der Waals surface area contributed by atoms with Gasteiger partial charge in [-0.15, -0.1) is 0 Å². The average Bonchev–Trinajstić information content (AvgIpc) is 2.98. The first-order valence-corrected chi connectivity index (χ1v) is 8.27. The van der Waals surface area contributed by atoms with Crippen molar-refractivity contribution in [3.8, 4) is 11.5 Å². The maximum atomic E-state index is 12.8. The van der Waals surface area contributed by atoms with E-state index in [9.17, 15) is 8.42 Å². The van der Waals surface area contributed by atoms with Gasteiger partial charge in [-0.3, -0.25) is 0 Å². The first kappa shape index (κ1) is 13.7. The number of fused-ring (bicyclic) bond motifs is 1. The Hall–Kier alpha value is -1.27. The number of benzene rings is 1. The van der Waals surface area contributed by atoms with Gasteiger partial charge in [0, 0.05) is 18.7 Å². The molecule has 0 saturated carbocycles. The Balaban J connectivity index is 1.96. The fourth-order valence-corrected chi connectivity index (χ4v) is 4.67. The third-order valence-corrected chi connectivity index (χ3v) is 6.48. The molecule has 5 nitrogen and oxygen atoms in total. The van der Waals surface area contributed by atoms with Crippen LogP contribution in [0.2, 0.25) is 0 Å². The van der Waals surface area contributed by atoms with Gasteiger partial charge in [-0.2, -0.15) is 4.31 Å². The van der Waals surface area contributed by atoms with Crippen LogP contribution in [0.3, 0.4) is 0 Å². The molecule has 1 aromatic carbocycles. The maximum absolute atomic E-state index is 12.8. The van der Waals surface area contributed by atoms with Gasteiger partial charge in [-0.25, -0.2) is 8.42 Å². The fourth-order valence-electron chi connectivity index (χ4n) is 2.84. The highest BCUT2D eigenvalue weighted by Gasteiger charge is 2.41. The molecule has 2 aliphatic heterocycles. The van der Waals surface area contributed by atoms with Crippen molar-refractivity contribution in [3.63, 3.8) is 0 Å². The van der Waals surface area contributed by atoms with E-state index in [1.165, 1.54) is 0 Å². The highest BCUT2D eigenvalue weighted by atomic mass is 32.2. The van der Waals surface area contributed by atoms with Crippen LogP contribution in [0.4, 0.5) is 0 Å². The molecule has 2 aliphatic rings. The first-order valence-electron chi connectivity index (χ1n) is 6.83. The highest BCUT2D eigenvalue weighted by Crippen LogP contribution is 2.37. The quantitative estimate of drug-likeness (QED) is 0.838. The van der Waals surface area contributed by atoms with Crippen molar-refractivity contribution in [1.82, 2.24) is 4.31 Å². The molecule has 0 radical (unpaired) electrons. The lowest BCUT2D eigenvalue weighted by molar-refractivity contribution is 0.174. The molecule has 20 heavy (non-hydrogen) atoms. The monoisotopic (exact) mass is 297 g/mol. The Labute approximate surface area is 119 Å². The van der Waals surface area contributed by atoms with Gasteiger partial charge in [0.25, 0.3) is 0 Å². The van der Waals surface area contributed by atoms with Crippen molar-refractivity contribution in [3.05, 3.63) is 18.2 Å². The van der Waals surface area contributed by atoms with Gasteiger partial charge in [-0.05, 0) is 30.9 Å². The van der Waals surface area contributed by atoms with E-state index in [1.54, 1.807) is 22.5 Å². The van der Waals surface area contributed by atoms with E-state index in [2.05, 4.69) is 13.8 Å². The number of hydrogen-bond acceptors (Lipinski definition) is 4. The smallest absolute Gasteiger partial charge is 0.243 e. The SMILES string of the molecule is CC1CN(S(=O)(=O)c2ccc3c(c2)OCO3)C(C)C1C. The Morgan fingerprint density at radius 3 is 2.50 bits per heavy atom. The molecular weight excluding hydrogens is 278 g/mol. The van der Waals surface area contributed by atoms with Crippen LogP contribution in [0.15, 0.2) is 23.1 Å². The molecule has 0 bridgehead atoms. The zero-order chi connectivity index (χ0) is 14.5. The molecule has 0 N–H and O–H groups in total. The van der Waals surface area contributed by atoms with Crippen molar-refractivity contribution in [2.45, 2.75) is 31.7 Å². The van der Waals surface area contributed by atoms with Gasteiger partial charge >= 0.3 is 0 Å². The predicted octanol–water partition coefficient (Wildman–Crippen LogP) is 2.08. The van der Waals surface area contributed by atoms with Crippen LogP contribution < -0.4 is 9.47 Å². The van der Waals surface area contributed by atoms with Crippen LogP contribution in [0.5, 0.6) is 11.5 Å². The summed E-state index contributed by atoms with van der Waals surface area (Å²) in [6.45, 7) is 6.88. The summed E-state index contributed by atoms with van der Waals surface area (Å²) in [5, 5.41) is 0. The lowest BCUT2D eigenvalue weighted by atomic mass is 9.95. The van der Waals surface area contributed by atoms with Crippen LogP contribution in [-0.2, 0) is 10.0 Å². The zero-order valence-electron chi connectivity index (χ0n) is 11.9. The van der Waals surface area contributed by atoms with E-state index in [-0.39, 0.29) is 17.7 Å². The second kappa shape index (κ2) is 4.63. The van der Waals surface area contributed by atoms with Gasteiger partial charge in [0.1, 0.15) is 0 Å². The molecule has 3 atom stereocenters. The summed E-state index contributed by atoms with van der Waals surface area (Å²) in [6, 6.07) is 4.81. The topological polar surface area (TPSA) is 55.8 Å². The van der Waals surface area contributed by atoms with Crippen molar-refractivity contribution in [1.29, 1.82) is 0 Å². The summed E-state index contributed by atoms with van der Waals surface area (Å²) < 4.78 is 37.6. The number of nitrogens with zero attached hydrogens (tertiary/aromatic N) is 1. The highest BCUT2D eigenvalue weighted by molar-refractivity contribution is 7.89. The molecule has 1 fully saturated rings. The van der Waals surface area contributed by atoms with Crippen molar-refractivity contribution < 1.29 is 17.9 Å². The molecular formula is C14H19NO4S. The van der Waals surface area contributed by atoms with Crippen molar-refractivity contribution in [2.24, 2.45) is 11.8 Å². The Morgan fingerprint density at radius 2 is 1.85 bits per heavy atom. The summed E-state index contributed by atoms with van der Waals surface area (Å²) in [5.74, 6) is 1.83. The maximum Gasteiger partial charge on any atom is 0.243 e. The molecule has 1 saturated heterocycles. The van der Waals surface area contributed by atoms with E-state index in [0.717, 1.165) is 0 Å². The van der Waals surface area contributed by atoms with Crippen molar-refractivity contribution >= 4 is 10.0 Å². The standard InChI is InChI=1S/C14H19NO4S/c1-9-7-15(11(3)10(9)2)20(16,17)12-4-5-13-14(6-12)19-8-18-13/h4-6,9-11H,7-8H2,1-3H3. The average molecular weight is 297 g/mol. The number of hydrogen-bond donors (Lipinski definition) is 0. The van der Waals surface area contributed by atoms with Gasteiger partial charge in [0.15, 0.2) is 11.5 Å². The van der Waals surface area contributed by atoms with Crippen LogP contribution >= 0.6 is 0 Å². The number of rotatable bonds is 2. The second-order valence-corrected chi connectivity index (χ2v) is 7.56. The first-order chi connectivity index (χ1) is 9.41. The van der Waals surface area contributed by atoms with E-state index in [1.807, 2.05) is 6.92 Å². The molecule has 0 aliphatic carbocycles. The molecule has 0 spiro atoms. The Kier molecular flexibility index (Phi) is 3.17. The normalized spacial score (nSPS) is 29.9. The zero-order valence-corrected chi connectivity index (χ0v) is 12.7.